The molecule has 0 saturated carbocycles. The normalized spacial score (nSPS) is 11.5. The van der Waals surface area contributed by atoms with Gasteiger partial charge in [0.1, 0.15) is 10.6 Å². The quantitative estimate of drug-likeness (QED) is 0.261. The van der Waals surface area contributed by atoms with E-state index in [1.54, 1.807) is 37.3 Å². The van der Waals surface area contributed by atoms with E-state index < -0.39 is 15.8 Å². The summed E-state index contributed by atoms with van der Waals surface area (Å²) in [5.74, 6) is 0.0838. The Morgan fingerprint density at radius 1 is 1.09 bits per heavy atom. The highest BCUT2D eigenvalue weighted by atomic mass is 32.2. The molecule has 0 aliphatic carbocycles. The van der Waals surface area contributed by atoms with Crippen molar-refractivity contribution in [2.45, 2.75) is 36.5 Å². The fraction of sp³-hybridized carbons (Fsp3) is 0.250. The SMILES string of the molecule is CCCCOc1ccc(S(=O)(=O)c2cnc3ccc(C(=O)OCC)cc3c2-n2ccnn2)cc1. The summed E-state index contributed by atoms with van der Waals surface area (Å²) in [4.78, 5) is 16.7. The minimum absolute atomic E-state index is 0.0637. The van der Waals surface area contributed by atoms with Gasteiger partial charge in [0.25, 0.3) is 0 Å². The Bertz CT molecular complexity index is 1400. The number of ether oxygens (including phenoxy) is 2. The van der Waals surface area contributed by atoms with Gasteiger partial charge in [-0.3, -0.25) is 4.98 Å². The molecule has 0 atom stereocenters. The van der Waals surface area contributed by atoms with Crippen LogP contribution in [-0.2, 0) is 14.6 Å². The number of carbonyl (C=O) groups is 1. The number of benzene rings is 2. The Morgan fingerprint density at radius 2 is 1.88 bits per heavy atom. The van der Waals surface area contributed by atoms with Gasteiger partial charge in [0.2, 0.25) is 9.84 Å². The number of rotatable bonds is 9. The van der Waals surface area contributed by atoms with E-state index in [1.165, 1.54) is 35.4 Å². The topological polar surface area (TPSA) is 113 Å². The zero-order chi connectivity index (χ0) is 24.1. The molecule has 0 radical (unpaired) electrons. The van der Waals surface area contributed by atoms with E-state index in [4.69, 9.17) is 9.47 Å². The molecule has 176 valence electrons. The molecule has 0 N–H and O–H groups in total. The number of esters is 1. The summed E-state index contributed by atoms with van der Waals surface area (Å²) in [5.41, 5.74) is 1.02. The fourth-order valence-corrected chi connectivity index (χ4v) is 4.84. The second kappa shape index (κ2) is 10.0. The lowest BCUT2D eigenvalue weighted by Crippen LogP contribution is -2.11. The molecule has 0 fully saturated rings. The third-order valence-electron chi connectivity index (χ3n) is 5.16. The third-order valence-corrected chi connectivity index (χ3v) is 6.93. The van der Waals surface area contributed by atoms with Crippen LogP contribution in [0.4, 0.5) is 0 Å². The van der Waals surface area contributed by atoms with E-state index >= 15 is 0 Å². The molecule has 0 aliphatic rings. The maximum Gasteiger partial charge on any atom is 0.338 e. The summed E-state index contributed by atoms with van der Waals surface area (Å²) < 4.78 is 39.4. The van der Waals surface area contributed by atoms with Gasteiger partial charge in [-0.05, 0) is 55.8 Å². The first kappa shape index (κ1) is 23.4. The maximum absolute atomic E-state index is 13.7. The Balaban J connectivity index is 1.84. The average molecular weight is 481 g/mol. The minimum atomic E-state index is -4.00. The van der Waals surface area contributed by atoms with E-state index in [0.29, 0.717) is 23.3 Å². The number of hydrogen-bond acceptors (Lipinski definition) is 8. The Kier molecular flexibility index (Phi) is 6.87. The highest BCUT2D eigenvalue weighted by Crippen LogP contribution is 2.32. The molecular formula is C24H24N4O5S. The summed E-state index contributed by atoms with van der Waals surface area (Å²) in [7, 11) is -4.00. The van der Waals surface area contributed by atoms with Crippen LogP contribution in [0.25, 0.3) is 16.6 Å². The molecule has 34 heavy (non-hydrogen) atoms. The van der Waals surface area contributed by atoms with Gasteiger partial charge in [-0.25, -0.2) is 17.9 Å². The van der Waals surface area contributed by atoms with Crippen molar-refractivity contribution in [2.75, 3.05) is 13.2 Å². The summed E-state index contributed by atoms with van der Waals surface area (Å²) >= 11 is 0. The third kappa shape index (κ3) is 4.62. The molecule has 0 saturated heterocycles. The van der Waals surface area contributed by atoms with Gasteiger partial charge in [0.15, 0.2) is 0 Å². The number of pyridine rings is 1. The van der Waals surface area contributed by atoms with Crippen LogP contribution in [0.15, 0.2) is 70.8 Å². The van der Waals surface area contributed by atoms with E-state index in [1.807, 2.05) is 0 Å². The highest BCUT2D eigenvalue weighted by Gasteiger charge is 2.26. The fourth-order valence-electron chi connectivity index (χ4n) is 3.44. The number of aromatic nitrogens is 4. The lowest BCUT2D eigenvalue weighted by atomic mass is 10.1. The van der Waals surface area contributed by atoms with E-state index in [2.05, 4.69) is 22.2 Å². The second-order valence-electron chi connectivity index (χ2n) is 7.45. The molecular weight excluding hydrogens is 456 g/mol. The van der Waals surface area contributed by atoms with Crippen LogP contribution in [0.3, 0.4) is 0 Å². The standard InChI is InChI=1S/C24H24N4O5S/c1-3-5-14-33-18-7-9-19(10-8-18)34(30,31)22-16-25-21-11-6-17(24(29)32-4-2)15-20(21)23(22)28-13-12-26-27-28/h6-13,15-16H,3-5,14H2,1-2H3. The van der Waals surface area contributed by atoms with Crippen LogP contribution >= 0.6 is 0 Å². The predicted octanol–water partition coefficient (Wildman–Crippen LogP) is 4.00. The van der Waals surface area contributed by atoms with Crippen molar-refractivity contribution in [2.24, 2.45) is 0 Å². The van der Waals surface area contributed by atoms with Gasteiger partial charge < -0.3 is 9.47 Å². The van der Waals surface area contributed by atoms with Crippen molar-refractivity contribution in [3.63, 3.8) is 0 Å². The van der Waals surface area contributed by atoms with Crippen molar-refractivity contribution in [3.8, 4) is 11.4 Å². The molecule has 0 spiro atoms. The smallest absolute Gasteiger partial charge is 0.338 e. The zero-order valence-electron chi connectivity index (χ0n) is 18.8. The summed E-state index contributed by atoms with van der Waals surface area (Å²) in [6, 6.07) is 11.0. The van der Waals surface area contributed by atoms with Crippen LogP contribution in [0.1, 0.15) is 37.0 Å². The molecule has 0 bridgehead atoms. The molecule has 2 aromatic carbocycles. The van der Waals surface area contributed by atoms with Crippen molar-refractivity contribution < 1.29 is 22.7 Å². The number of hydrogen-bond donors (Lipinski definition) is 0. The maximum atomic E-state index is 13.7. The summed E-state index contributed by atoms with van der Waals surface area (Å²) in [6.07, 6.45) is 6.20. The monoisotopic (exact) mass is 480 g/mol. The van der Waals surface area contributed by atoms with E-state index in [0.717, 1.165) is 12.8 Å². The number of nitrogens with zero attached hydrogens (tertiary/aromatic N) is 4. The first-order valence-electron chi connectivity index (χ1n) is 10.9. The van der Waals surface area contributed by atoms with Crippen LogP contribution < -0.4 is 4.74 Å². The van der Waals surface area contributed by atoms with E-state index in [9.17, 15) is 13.2 Å². The zero-order valence-corrected chi connectivity index (χ0v) is 19.7. The van der Waals surface area contributed by atoms with Gasteiger partial charge in [0.05, 0.1) is 47.3 Å². The first-order chi connectivity index (χ1) is 16.5. The lowest BCUT2D eigenvalue weighted by molar-refractivity contribution is 0.0526. The van der Waals surface area contributed by atoms with Crippen LogP contribution in [-0.4, -0.2) is 47.6 Å². The number of unbranched alkanes of at least 4 members (excludes halogenated alkanes) is 1. The Hall–Kier alpha value is -3.79. The van der Waals surface area contributed by atoms with Gasteiger partial charge in [-0.2, -0.15) is 0 Å². The average Bonchev–Trinajstić information content (AvgIpc) is 3.38. The molecule has 9 nitrogen and oxygen atoms in total. The Labute approximate surface area is 197 Å². The molecule has 0 aliphatic heterocycles. The first-order valence-corrected chi connectivity index (χ1v) is 12.4. The van der Waals surface area contributed by atoms with Gasteiger partial charge >= 0.3 is 5.97 Å². The van der Waals surface area contributed by atoms with Crippen LogP contribution in [0.5, 0.6) is 5.75 Å². The molecule has 2 aromatic heterocycles. The Morgan fingerprint density at radius 3 is 2.56 bits per heavy atom. The van der Waals surface area contributed by atoms with Gasteiger partial charge in [0, 0.05) is 11.6 Å². The number of fused-ring (bicyclic) bond motifs is 1. The van der Waals surface area contributed by atoms with Crippen LogP contribution in [0.2, 0.25) is 0 Å². The van der Waals surface area contributed by atoms with Gasteiger partial charge in [-0.15, -0.1) is 5.10 Å². The molecule has 2 heterocycles. The molecule has 4 rings (SSSR count). The highest BCUT2D eigenvalue weighted by molar-refractivity contribution is 7.91. The van der Waals surface area contributed by atoms with Crippen molar-refractivity contribution in [1.29, 1.82) is 0 Å². The van der Waals surface area contributed by atoms with Crippen molar-refractivity contribution >= 4 is 26.7 Å². The number of sulfone groups is 1. The summed E-state index contributed by atoms with van der Waals surface area (Å²) in [6.45, 7) is 4.57. The lowest BCUT2D eigenvalue weighted by Gasteiger charge is -2.14. The van der Waals surface area contributed by atoms with Crippen molar-refractivity contribution in [3.05, 3.63) is 66.6 Å². The predicted molar refractivity (Wildman–Crippen MR) is 125 cm³/mol. The molecule has 0 unspecified atom stereocenters. The van der Waals surface area contributed by atoms with Crippen LogP contribution in [0, 0.1) is 0 Å². The molecule has 10 heteroatoms. The van der Waals surface area contributed by atoms with Crippen molar-refractivity contribution in [1.82, 2.24) is 20.0 Å². The minimum Gasteiger partial charge on any atom is -0.494 e. The summed E-state index contributed by atoms with van der Waals surface area (Å²) in [5, 5.41) is 8.26. The number of carbonyl (C=O) groups excluding carboxylic acids is 1. The van der Waals surface area contributed by atoms with E-state index in [-0.39, 0.29) is 27.6 Å². The molecule has 0 amide bonds. The van der Waals surface area contributed by atoms with Gasteiger partial charge in [-0.1, -0.05) is 18.6 Å². The second-order valence-corrected chi connectivity index (χ2v) is 9.37. The largest absolute Gasteiger partial charge is 0.494 e. The molecule has 4 aromatic rings.